The Morgan fingerprint density at radius 3 is 2.76 bits per heavy atom. The van der Waals surface area contributed by atoms with Crippen LogP contribution in [-0.2, 0) is 13.5 Å². The molecule has 2 aromatic heterocycles. The van der Waals surface area contributed by atoms with Crippen LogP contribution in [0, 0.1) is 6.92 Å². The zero-order valence-electron chi connectivity index (χ0n) is 9.76. The molecule has 17 heavy (non-hydrogen) atoms. The smallest absolute Gasteiger partial charge is 0.0847 e. The molecule has 90 valence electrons. The van der Waals surface area contributed by atoms with Crippen molar-refractivity contribution in [1.29, 1.82) is 0 Å². The molecule has 0 spiro atoms. The Balaban J connectivity index is 2.22. The second-order valence-electron chi connectivity index (χ2n) is 3.91. The summed E-state index contributed by atoms with van der Waals surface area (Å²) in [5.41, 5.74) is 8.56. The van der Waals surface area contributed by atoms with Gasteiger partial charge in [-0.1, -0.05) is 11.6 Å². The lowest BCUT2D eigenvalue weighted by molar-refractivity contribution is 0.626. The second-order valence-corrected chi connectivity index (χ2v) is 4.29. The van der Waals surface area contributed by atoms with Crippen LogP contribution in [0.2, 0.25) is 5.02 Å². The standard InChI is InChI=1S/C11H14ClN5/c1-7-11(12)10(17(2)16-7)5-8(13)9-6-14-3-4-15-9/h3-4,6,8H,5,13H2,1-2H3. The molecule has 0 saturated carbocycles. The van der Waals surface area contributed by atoms with Crippen molar-refractivity contribution in [3.8, 4) is 0 Å². The summed E-state index contributed by atoms with van der Waals surface area (Å²) in [4.78, 5) is 8.18. The van der Waals surface area contributed by atoms with E-state index >= 15 is 0 Å². The Morgan fingerprint density at radius 1 is 1.47 bits per heavy atom. The van der Waals surface area contributed by atoms with Gasteiger partial charge in [0.25, 0.3) is 0 Å². The quantitative estimate of drug-likeness (QED) is 0.896. The highest BCUT2D eigenvalue weighted by atomic mass is 35.5. The number of aromatic nitrogens is 4. The number of aryl methyl sites for hydroxylation is 2. The summed E-state index contributed by atoms with van der Waals surface area (Å²) in [5.74, 6) is 0. The van der Waals surface area contributed by atoms with E-state index in [1.807, 2.05) is 14.0 Å². The summed E-state index contributed by atoms with van der Waals surface area (Å²) in [7, 11) is 1.86. The molecule has 2 heterocycles. The molecule has 0 bridgehead atoms. The monoisotopic (exact) mass is 251 g/mol. The molecule has 0 fully saturated rings. The normalized spacial score (nSPS) is 12.7. The topological polar surface area (TPSA) is 69.6 Å². The molecular formula is C11H14ClN5. The van der Waals surface area contributed by atoms with E-state index in [4.69, 9.17) is 17.3 Å². The van der Waals surface area contributed by atoms with Gasteiger partial charge in [0.2, 0.25) is 0 Å². The van der Waals surface area contributed by atoms with E-state index in [0.717, 1.165) is 17.1 Å². The maximum Gasteiger partial charge on any atom is 0.0847 e. The van der Waals surface area contributed by atoms with E-state index in [1.165, 1.54) is 0 Å². The lowest BCUT2D eigenvalue weighted by Crippen LogP contribution is -2.17. The van der Waals surface area contributed by atoms with Crippen molar-refractivity contribution in [2.45, 2.75) is 19.4 Å². The minimum Gasteiger partial charge on any atom is -0.322 e. The highest BCUT2D eigenvalue weighted by molar-refractivity contribution is 6.31. The number of rotatable bonds is 3. The zero-order chi connectivity index (χ0) is 12.4. The summed E-state index contributed by atoms with van der Waals surface area (Å²) in [6.45, 7) is 1.87. The summed E-state index contributed by atoms with van der Waals surface area (Å²) < 4.78 is 1.76. The number of halogens is 1. The molecule has 2 aromatic rings. The third-order valence-electron chi connectivity index (χ3n) is 2.64. The van der Waals surface area contributed by atoms with Gasteiger partial charge in [0.1, 0.15) is 0 Å². The van der Waals surface area contributed by atoms with E-state index in [2.05, 4.69) is 15.1 Å². The first kappa shape index (κ1) is 12.0. The van der Waals surface area contributed by atoms with Crippen LogP contribution in [0.3, 0.4) is 0 Å². The molecule has 0 saturated heterocycles. The molecule has 0 radical (unpaired) electrons. The fraction of sp³-hybridized carbons (Fsp3) is 0.364. The zero-order valence-corrected chi connectivity index (χ0v) is 10.5. The van der Waals surface area contributed by atoms with Gasteiger partial charge < -0.3 is 5.73 Å². The van der Waals surface area contributed by atoms with E-state index in [9.17, 15) is 0 Å². The number of nitrogens with two attached hydrogens (primary N) is 1. The highest BCUT2D eigenvalue weighted by Crippen LogP contribution is 2.23. The van der Waals surface area contributed by atoms with Crippen molar-refractivity contribution in [3.63, 3.8) is 0 Å². The van der Waals surface area contributed by atoms with Crippen LogP contribution in [0.25, 0.3) is 0 Å². The fourth-order valence-electron chi connectivity index (χ4n) is 1.72. The van der Waals surface area contributed by atoms with Crippen LogP contribution in [0.1, 0.15) is 23.1 Å². The summed E-state index contributed by atoms with van der Waals surface area (Å²) in [6.07, 6.45) is 5.51. The maximum absolute atomic E-state index is 6.17. The predicted octanol–water partition coefficient (Wildman–Crippen LogP) is 1.41. The summed E-state index contributed by atoms with van der Waals surface area (Å²) in [5, 5.41) is 4.92. The van der Waals surface area contributed by atoms with Gasteiger partial charge in [-0.05, 0) is 6.92 Å². The van der Waals surface area contributed by atoms with Crippen molar-refractivity contribution >= 4 is 11.6 Å². The van der Waals surface area contributed by atoms with Crippen LogP contribution >= 0.6 is 11.6 Å². The second kappa shape index (κ2) is 4.81. The first-order chi connectivity index (χ1) is 8.09. The van der Waals surface area contributed by atoms with Gasteiger partial charge in [-0.2, -0.15) is 5.10 Å². The molecule has 1 atom stereocenters. The average Bonchev–Trinajstić information content (AvgIpc) is 2.57. The molecule has 2 N–H and O–H groups in total. The Morgan fingerprint density at radius 2 is 2.24 bits per heavy atom. The Bertz CT molecular complexity index is 508. The highest BCUT2D eigenvalue weighted by Gasteiger charge is 2.16. The molecule has 2 rings (SSSR count). The van der Waals surface area contributed by atoms with Gasteiger partial charge in [0.05, 0.1) is 28.1 Å². The van der Waals surface area contributed by atoms with Crippen molar-refractivity contribution in [3.05, 3.63) is 40.7 Å². The van der Waals surface area contributed by atoms with Gasteiger partial charge in [-0.25, -0.2) is 0 Å². The molecule has 0 aliphatic carbocycles. The molecule has 0 aromatic carbocycles. The van der Waals surface area contributed by atoms with Crippen LogP contribution < -0.4 is 5.73 Å². The van der Waals surface area contributed by atoms with Crippen molar-refractivity contribution in [2.24, 2.45) is 12.8 Å². The lowest BCUT2D eigenvalue weighted by Gasteiger charge is -2.10. The predicted molar refractivity (Wildman–Crippen MR) is 65.6 cm³/mol. The van der Waals surface area contributed by atoms with E-state index < -0.39 is 0 Å². The average molecular weight is 252 g/mol. The van der Waals surface area contributed by atoms with E-state index in [0.29, 0.717) is 11.4 Å². The van der Waals surface area contributed by atoms with Gasteiger partial charge in [-0.3, -0.25) is 14.6 Å². The minimum absolute atomic E-state index is 0.226. The first-order valence-corrected chi connectivity index (χ1v) is 5.67. The number of nitrogens with zero attached hydrogens (tertiary/aromatic N) is 4. The van der Waals surface area contributed by atoms with E-state index in [1.54, 1.807) is 23.3 Å². The van der Waals surface area contributed by atoms with Crippen molar-refractivity contribution in [2.75, 3.05) is 0 Å². The molecule has 0 aliphatic rings. The summed E-state index contributed by atoms with van der Waals surface area (Å²) in [6, 6.07) is -0.226. The van der Waals surface area contributed by atoms with Gasteiger partial charge in [0, 0.05) is 32.1 Å². The lowest BCUT2D eigenvalue weighted by atomic mass is 10.1. The first-order valence-electron chi connectivity index (χ1n) is 5.29. The molecular weight excluding hydrogens is 238 g/mol. The Kier molecular flexibility index (Phi) is 3.40. The van der Waals surface area contributed by atoms with Crippen LogP contribution in [-0.4, -0.2) is 19.7 Å². The maximum atomic E-state index is 6.17. The van der Waals surface area contributed by atoms with Crippen molar-refractivity contribution in [1.82, 2.24) is 19.7 Å². The van der Waals surface area contributed by atoms with Gasteiger partial charge >= 0.3 is 0 Å². The SMILES string of the molecule is Cc1nn(C)c(CC(N)c2cnccn2)c1Cl. The number of hydrogen-bond donors (Lipinski definition) is 1. The third-order valence-corrected chi connectivity index (χ3v) is 3.13. The Hall–Kier alpha value is -1.46. The van der Waals surface area contributed by atoms with Gasteiger partial charge in [-0.15, -0.1) is 0 Å². The molecule has 5 nitrogen and oxygen atoms in total. The van der Waals surface area contributed by atoms with Gasteiger partial charge in [0.15, 0.2) is 0 Å². The minimum atomic E-state index is -0.226. The number of hydrogen-bond acceptors (Lipinski definition) is 4. The van der Waals surface area contributed by atoms with Crippen LogP contribution in [0.15, 0.2) is 18.6 Å². The molecule has 6 heteroatoms. The fourth-order valence-corrected chi connectivity index (χ4v) is 1.95. The molecule has 0 amide bonds. The Labute approximate surface area is 105 Å². The van der Waals surface area contributed by atoms with E-state index in [-0.39, 0.29) is 6.04 Å². The van der Waals surface area contributed by atoms with Crippen LogP contribution in [0.4, 0.5) is 0 Å². The third kappa shape index (κ3) is 2.45. The van der Waals surface area contributed by atoms with Crippen LogP contribution in [0.5, 0.6) is 0 Å². The summed E-state index contributed by atoms with van der Waals surface area (Å²) >= 11 is 6.17. The largest absolute Gasteiger partial charge is 0.322 e. The molecule has 1 unspecified atom stereocenters. The molecule has 0 aliphatic heterocycles. The van der Waals surface area contributed by atoms with Crippen molar-refractivity contribution < 1.29 is 0 Å².